The van der Waals surface area contributed by atoms with Crippen LogP contribution in [0.5, 0.6) is 11.5 Å². The number of piperazine rings is 1. The number of amides is 1. The Kier molecular flexibility index (Phi) is 7.45. The number of hydrogen-bond acceptors (Lipinski definition) is 6. The van der Waals surface area contributed by atoms with Crippen LogP contribution < -0.4 is 14.8 Å². The molecule has 8 nitrogen and oxygen atoms in total. The minimum Gasteiger partial charge on any atom is -0.486 e. The Bertz CT molecular complexity index is 1340. The van der Waals surface area contributed by atoms with E-state index < -0.39 is 10.0 Å². The molecule has 0 aliphatic carbocycles. The van der Waals surface area contributed by atoms with Crippen molar-refractivity contribution in [3.8, 4) is 11.5 Å². The molecule has 0 spiro atoms. The largest absolute Gasteiger partial charge is 0.486 e. The number of ether oxygens (including phenoxy) is 2. The number of hydrogen-bond donors (Lipinski definition) is 1. The van der Waals surface area contributed by atoms with Gasteiger partial charge in [0.2, 0.25) is 10.0 Å². The molecule has 0 saturated carbocycles. The van der Waals surface area contributed by atoms with Crippen LogP contribution in [0.15, 0.2) is 77.7 Å². The zero-order valence-electron chi connectivity index (χ0n) is 20.8. The lowest BCUT2D eigenvalue weighted by molar-refractivity contribution is 0.0939. The highest BCUT2D eigenvalue weighted by molar-refractivity contribution is 7.89. The van der Waals surface area contributed by atoms with Crippen molar-refractivity contribution in [2.45, 2.75) is 24.4 Å². The Balaban J connectivity index is 1.13. The van der Waals surface area contributed by atoms with E-state index in [1.54, 1.807) is 28.6 Å². The molecule has 0 aromatic heterocycles. The zero-order chi connectivity index (χ0) is 25.8. The lowest BCUT2D eigenvalue weighted by Crippen LogP contribution is -2.48. The van der Waals surface area contributed by atoms with Gasteiger partial charge in [-0.25, -0.2) is 8.42 Å². The van der Waals surface area contributed by atoms with Crippen molar-refractivity contribution >= 4 is 15.9 Å². The normalized spacial score (nSPS) is 17.2. The first kappa shape index (κ1) is 25.3. The maximum atomic E-state index is 12.8. The van der Waals surface area contributed by atoms with Gasteiger partial charge in [0.25, 0.3) is 5.91 Å². The molecule has 0 unspecified atom stereocenters. The van der Waals surface area contributed by atoms with Gasteiger partial charge >= 0.3 is 0 Å². The summed E-state index contributed by atoms with van der Waals surface area (Å²) in [4.78, 5) is 15.4. The molecule has 37 heavy (non-hydrogen) atoms. The van der Waals surface area contributed by atoms with E-state index in [1.807, 2.05) is 55.5 Å². The van der Waals surface area contributed by atoms with Crippen molar-refractivity contribution in [3.05, 3.63) is 89.5 Å². The zero-order valence-corrected chi connectivity index (χ0v) is 21.6. The van der Waals surface area contributed by atoms with E-state index in [9.17, 15) is 13.2 Å². The van der Waals surface area contributed by atoms with Crippen molar-refractivity contribution in [1.29, 1.82) is 0 Å². The topological polar surface area (TPSA) is 88.2 Å². The number of benzene rings is 3. The van der Waals surface area contributed by atoms with Gasteiger partial charge in [-0.15, -0.1) is 0 Å². The van der Waals surface area contributed by atoms with Gasteiger partial charge in [0, 0.05) is 38.3 Å². The van der Waals surface area contributed by atoms with Crippen LogP contribution in [0.3, 0.4) is 0 Å². The van der Waals surface area contributed by atoms with Crippen LogP contribution in [-0.4, -0.2) is 62.9 Å². The molecule has 194 valence electrons. The summed E-state index contributed by atoms with van der Waals surface area (Å²) in [5.74, 6) is 1.28. The average Bonchev–Trinajstić information content (AvgIpc) is 2.94. The quantitative estimate of drug-likeness (QED) is 0.513. The molecule has 1 atom stereocenters. The molecule has 1 saturated heterocycles. The van der Waals surface area contributed by atoms with Gasteiger partial charge in [0.1, 0.15) is 13.2 Å². The number of nitrogens with zero attached hydrogens (tertiary/aromatic N) is 2. The lowest BCUT2D eigenvalue weighted by atomic mass is 10.1. The van der Waals surface area contributed by atoms with E-state index in [-0.39, 0.29) is 11.9 Å². The van der Waals surface area contributed by atoms with Crippen molar-refractivity contribution in [1.82, 2.24) is 14.5 Å². The SMILES string of the molecule is C[C@@H](NC(=O)c1ccc(CN2CCN(S(=O)(=O)c3ccccc3)CC2)cc1)c1ccc2c(c1)OCCO2. The smallest absolute Gasteiger partial charge is 0.251 e. The fraction of sp³-hybridized carbons (Fsp3) is 0.321. The van der Waals surface area contributed by atoms with Crippen LogP contribution in [0.1, 0.15) is 34.5 Å². The van der Waals surface area contributed by atoms with Crippen molar-refractivity contribution < 1.29 is 22.7 Å². The summed E-state index contributed by atoms with van der Waals surface area (Å²) in [6.07, 6.45) is 0. The second kappa shape index (κ2) is 10.9. The van der Waals surface area contributed by atoms with E-state index in [4.69, 9.17) is 9.47 Å². The predicted octanol–water partition coefficient (Wildman–Crippen LogP) is 3.46. The van der Waals surface area contributed by atoms with Gasteiger partial charge in [-0.3, -0.25) is 9.69 Å². The Morgan fingerprint density at radius 1 is 0.892 bits per heavy atom. The van der Waals surface area contributed by atoms with Gasteiger partial charge < -0.3 is 14.8 Å². The molecule has 1 amide bonds. The van der Waals surface area contributed by atoms with E-state index in [1.165, 1.54) is 0 Å². The Morgan fingerprint density at radius 2 is 1.57 bits per heavy atom. The highest BCUT2D eigenvalue weighted by Gasteiger charge is 2.28. The van der Waals surface area contributed by atoms with Crippen LogP contribution in [0.4, 0.5) is 0 Å². The first-order valence-corrected chi connectivity index (χ1v) is 13.9. The van der Waals surface area contributed by atoms with E-state index in [0.717, 1.165) is 16.9 Å². The number of sulfonamides is 1. The van der Waals surface area contributed by atoms with Crippen LogP contribution in [0.25, 0.3) is 0 Å². The lowest BCUT2D eigenvalue weighted by Gasteiger charge is -2.34. The van der Waals surface area contributed by atoms with E-state index >= 15 is 0 Å². The number of fused-ring (bicyclic) bond motifs is 1. The minimum absolute atomic E-state index is 0.145. The van der Waals surface area contributed by atoms with Gasteiger partial charge in [-0.05, 0) is 54.4 Å². The highest BCUT2D eigenvalue weighted by atomic mass is 32.2. The predicted molar refractivity (Wildman–Crippen MR) is 140 cm³/mol. The summed E-state index contributed by atoms with van der Waals surface area (Å²) in [5.41, 5.74) is 2.62. The molecule has 2 aliphatic heterocycles. The summed E-state index contributed by atoms with van der Waals surface area (Å²) < 4.78 is 38.4. The third-order valence-electron chi connectivity index (χ3n) is 6.75. The average molecular weight is 522 g/mol. The number of carbonyl (C=O) groups excluding carboxylic acids is 1. The summed E-state index contributed by atoms with van der Waals surface area (Å²) in [7, 11) is -3.46. The molecule has 2 heterocycles. The number of carbonyl (C=O) groups is 1. The summed E-state index contributed by atoms with van der Waals surface area (Å²) in [6, 6.07) is 21.7. The van der Waals surface area contributed by atoms with Crippen LogP contribution in [-0.2, 0) is 16.6 Å². The summed E-state index contributed by atoms with van der Waals surface area (Å²) in [6.45, 7) is 5.92. The Morgan fingerprint density at radius 3 is 2.27 bits per heavy atom. The van der Waals surface area contributed by atoms with Crippen molar-refractivity contribution in [2.75, 3.05) is 39.4 Å². The van der Waals surface area contributed by atoms with E-state index in [0.29, 0.717) is 62.1 Å². The number of nitrogens with one attached hydrogen (secondary N) is 1. The molecule has 1 N–H and O–H groups in total. The van der Waals surface area contributed by atoms with Crippen LogP contribution in [0, 0.1) is 0 Å². The standard InChI is InChI=1S/C28H31N3O5S/c1-21(24-11-12-26-27(19-24)36-18-17-35-26)29-28(32)23-9-7-22(8-10-23)20-30-13-15-31(16-14-30)37(33,34)25-5-3-2-4-6-25/h2-12,19,21H,13-18,20H2,1H3,(H,29,32)/t21-/m1/s1. The van der Waals surface area contributed by atoms with Crippen molar-refractivity contribution in [3.63, 3.8) is 0 Å². The molecule has 3 aromatic carbocycles. The molecule has 0 radical (unpaired) electrons. The molecule has 9 heteroatoms. The molecule has 5 rings (SSSR count). The van der Waals surface area contributed by atoms with Gasteiger partial charge in [-0.1, -0.05) is 36.4 Å². The van der Waals surface area contributed by atoms with E-state index in [2.05, 4.69) is 10.2 Å². The molecule has 3 aromatic rings. The first-order chi connectivity index (χ1) is 17.9. The molecular weight excluding hydrogens is 490 g/mol. The third-order valence-corrected chi connectivity index (χ3v) is 8.66. The van der Waals surface area contributed by atoms with Gasteiger partial charge in [0.05, 0.1) is 10.9 Å². The van der Waals surface area contributed by atoms with Gasteiger partial charge in [-0.2, -0.15) is 4.31 Å². The second-order valence-corrected chi connectivity index (χ2v) is 11.2. The highest BCUT2D eigenvalue weighted by Crippen LogP contribution is 2.32. The molecular formula is C28H31N3O5S. The minimum atomic E-state index is -3.46. The van der Waals surface area contributed by atoms with Crippen molar-refractivity contribution in [2.24, 2.45) is 0 Å². The Labute approximate surface area is 217 Å². The molecule has 0 bridgehead atoms. The fourth-order valence-electron chi connectivity index (χ4n) is 4.58. The van der Waals surface area contributed by atoms with Crippen LogP contribution >= 0.6 is 0 Å². The number of rotatable bonds is 7. The summed E-state index contributed by atoms with van der Waals surface area (Å²) in [5, 5.41) is 3.04. The van der Waals surface area contributed by atoms with Crippen LogP contribution in [0.2, 0.25) is 0 Å². The maximum absolute atomic E-state index is 12.8. The molecule has 2 aliphatic rings. The second-order valence-electron chi connectivity index (χ2n) is 9.29. The van der Waals surface area contributed by atoms with Gasteiger partial charge in [0.15, 0.2) is 11.5 Å². The monoisotopic (exact) mass is 521 g/mol. The Hall–Kier alpha value is -3.40. The third kappa shape index (κ3) is 5.79. The first-order valence-electron chi connectivity index (χ1n) is 12.5. The molecule has 1 fully saturated rings. The fourth-order valence-corrected chi connectivity index (χ4v) is 6.03. The summed E-state index contributed by atoms with van der Waals surface area (Å²) >= 11 is 0. The maximum Gasteiger partial charge on any atom is 0.251 e.